The zero-order valence-corrected chi connectivity index (χ0v) is 10.4. The molecule has 1 atom stereocenters. The molecule has 2 N–H and O–H groups in total. The molecule has 4 heteroatoms. The van der Waals surface area contributed by atoms with Gasteiger partial charge in [-0.25, -0.2) is 0 Å². The number of hydrogen-bond donors (Lipinski definition) is 2. The SMILES string of the molecule is C=C(CCCCCCC)C(CC(=O)O)C(=O)O. The van der Waals surface area contributed by atoms with E-state index in [2.05, 4.69) is 13.5 Å². The van der Waals surface area contributed by atoms with Crippen LogP contribution in [0, 0.1) is 5.92 Å². The van der Waals surface area contributed by atoms with E-state index >= 15 is 0 Å². The minimum Gasteiger partial charge on any atom is -0.481 e. The van der Waals surface area contributed by atoms with E-state index in [4.69, 9.17) is 10.2 Å². The predicted molar refractivity (Wildman–Crippen MR) is 65.9 cm³/mol. The second kappa shape index (κ2) is 8.79. The summed E-state index contributed by atoms with van der Waals surface area (Å²) in [5, 5.41) is 17.5. The van der Waals surface area contributed by atoms with Crippen molar-refractivity contribution in [3.63, 3.8) is 0 Å². The van der Waals surface area contributed by atoms with Gasteiger partial charge in [-0.2, -0.15) is 0 Å². The van der Waals surface area contributed by atoms with E-state index in [0.29, 0.717) is 12.0 Å². The number of rotatable bonds is 10. The Kier molecular flexibility index (Phi) is 8.11. The van der Waals surface area contributed by atoms with Crippen LogP contribution in [0.15, 0.2) is 12.2 Å². The van der Waals surface area contributed by atoms with Gasteiger partial charge in [0.25, 0.3) is 0 Å². The molecule has 0 saturated carbocycles. The molecule has 17 heavy (non-hydrogen) atoms. The largest absolute Gasteiger partial charge is 0.481 e. The highest BCUT2D eigenvalue weighted by atomic mass is 16.4. The van der Waals surface area contributed by atoms with Gasteiger partial charge >= 0.3 is 11.9 Å². The van der Waals surface area contributed by atoms with Gasteiger partial charge in [-0.3, -0.25) is 9.59 Å². The Labute approximate surface area is 102 Å². The van der Waals surface area contributed by atoms with Crippen molar-refractivity contribution in [2.45, 2.75) is 51.9 Å². The van der Waals surface area contributed by atoms with Crippen molar-refractivity contribution in [1.82, 2.24) is 0 Å². The van der Waals surface area contributed by atoms with E-state index in [1.807, 2.05) is 0 Å². The molecule has 0 aromatic heterocycles. The molecule has 0 aliphatic heterocycles. The average molecular weight is 242 g/mol. The molecular weight excluding hydrogens is 220 g/mol. The van der Waals surface area contributed by atoms with Crippen LogP contribution in [0.3, 0.4) is 0 Å². The minimum absolute atomic E-state index is 0.372. The smallest absolute Gasteiger partial charge is 0.311 e. The lowest BCUT2D eigenvalue weighted by atomic mass is 9.92. The molecular formula is C13H22O4. The summed E-state index contributed by atoms with van der Waals surface area (Å²) < 4.78 is 0. The van der Waals surface area contributed by atoms with Crippen LogP contribution in [-0.4, -0.2) is 22.2 Å². The molecule has 0 aliphatic rings. The summed E-state index contributed by atoms with van der Waals surface area (Å²) in [7, 11) is 0. The summed E-state index contributed by atoms with van der Waals surface area (Å²) in [4.78, 5) is 21.4. The highest BCUT2D eigenvalue weighted by Crippen LogP contribution is 2.20. The zero-order valence-electron chi connectivity index (χ0n) is 10.4. The number of carboxylic acid groups (broad SMARTS) is 2. The van der Waals surface area contributed by atoms with Crippen LogP contribution in [0.25, 0.3) is 0 Å². The van der Waals surface area contributed by atoms with Gasteiger partial charge in [-0.15, -0.1) is 0 Å². The number of carbonyl (C=O) groups is 2. The Morgan fingerprint density at radius 2 is 1.71 bits per heavy atom. The van der Waals surface area contributed by atoms with Gasteiger partial charge in [0.1, 0.15) is 0 Å². The van der Waals surface area contributed by atoms with Gasteiger partial charge in [-0.1, -0.05) is 44.8 Å². The Hall–Kier alpha value is -1.32. The first-order valence-electron chi connectivity index (χ1n) is 6.11. The van der Waals surface area contributed by atoms with E-state index < -0.39 is 17.9 Å². The van der Waals surface area contributed by atoms with Crippen LogP contribution >= 0.6 is 0 Å². The molecule has 1 unspecified atom stereocenters. The van der Waals surface area contributed by atoms with E-state index in [1.54, 1.807) is 0 Å². The standard InChI is InChI=1S/C13H22O4/c1-3-4-5-6-7-8-10(2)11(13(16)17)9-12(14)15/h11H,2-9H2,1H3,(H,14,15)(H,16,17). The second-order valence-electron chi connectivity index (χ2n) is 4.31. The first-order valence-corrected chi connectivity index (χ1v) is 6.11. The summed E-state index contributed by atoms with van der Waals surface area (Å²) in [5.74, 6) is -3.13. The van der Waals surface area contributed by atoms with Crippen LogP contribution in [0.5, 0.6) is 0 Å². The first kappa shape index (κ1) is 15.7. The first-order chi connectivity index (χ1) is 7.99. The quantitative estimate of drug-likeness (QED) is 0.456. The van der Waals surface area contributed by atoms with Crippen molar-refractivity contribution in [3.05, 3.63) is 12.2 Å². The van der Waals surface area contributed by atoms with Gasteiger partial charge < -0.3 is 10.2 Å². The molecule has 0 rings (SSSR count). The lowest BCUT2D eigenvalue weighted by Gasteiger charge is -2.13. The molecule has 0 saturated heterocycles. The third-order valence-corrected chi connectivity index (χ3v) is 2.77. The van der Waals surface area contributed by atoms with Crippen LogP contribution in [0.1, 0.15) is 51.9 Å². The minimum atomic E-state index is -1.09. The van der Waals surface area contributed by atoms with Crippen molar-refractivity contribution in [2.75, 3.05) is 0 Å². The van der Waals surface area contributed by atoms with Gasteiger partial charge in [0.15, 0.2) is 0 Å². The van der Waals surface area contributed by atoms with Crippen molar-refractivity contribution < 1.29 is 19.8 Å². The Balaban J connectivity index is 3.98. The summed E-state index contributed by atoms with van der Waals surface area (Å²) in [5.41, 5.74) is 0.524. The molecule has 0 aromatic carbocycles. The fraction of sp³-hybridized carbons (Fsp3) is 0.692. The third-order valence-electron chi connectivity index (χ3n) is 2.77. The monoisotopic (exact) mass is 242 g/mol. The molecule has 98 valence electrons. The fourth-order valence-electron chi connectivity index (χ4n) is 1.71. The summed E-state index contributed by atoms with van der Waals surface area (Å²) in [6, 6.07) is 0. The van der Waals surface area contributed by atoms with Gasteiger partial charge in [0.2, 0.25) is 0 Å². The molecule has 0 heterocycles. The molecule has 0 aromatic rings. The Morgan fingerprint density at radius 1 is 1.12 bits per heavy atom. The Morgan fingerprint density at radius 3 is 2.18 bits per heavy atom. The average Bonchev–Trinajstić information content (AvgIpc) is 2.24. The summed E-state index contributed by atoms with van der Waals surface area (Å²) in [6.07, 6.45) is 5.66. The van der Waals surface area contributed by atoms with E-state index in [1.165, 1.54) is 6.42 Å². The molecule has 0 amide bonds. The lowest BCUT2D eigenvalue weighted by molar-refractivity contribution is -0.147. The van der Waals surface area contributed by atoms with E-state index in [9.17, 15) is 9.59 Å². The van der Waals surface area contributed by atoms with Crippen LogP contribution in [0.4, 0.5) is 0 Å². The molecule has 0 fully saturated rings. The highest BCUT2D eigenvalue weighted by Gasteiger charge is 2.23. The fourth-order valence-corrected chi connectivity index (χ4v) is 1.71. The number of hydrogen-bond acceptors (Lipinski definition) is 2. The van der Waals surface area contributed by atoms with Crippen molar-refractivity contribution >= 4 is 11.9 Å². The zero-order chi connectivity index (χ0) is 13.3. The van der Waals surface area contributed by atoms with Crippen molar-refractivity contribution in [2.24, 2.45) is 5.92 Å². The second-order valence-corrected chi connectivity index (χ2v) is 4.31. The van der Waals surface area contributed by atoms with Crippen molar-refractivity contribution in [1.29, 1.82) is 0 Å². The number of unbranched alkanes of at least 4 members (excludes halogenated alkanes) is 4. The molecule has 0 aliphatic carbocycles. The van der Waals surface area contributed by atoms with Crippen LogP contribution in [-0.2, 0) is 9.59 Å². The van der Waals surface area contributed by atoms with Crippen LogP contribution in [0.2, 0.25) is 0 Å². The van der Waals surface area contributed by atoms with Gasteiger partial charge in [0, 0.05) is 0 Å². The van der Waals surface area contributed by atoms with E-state index in [0.717, 1.165) is 25.7 Å². The summed E-state index contributed by atoms with van der Waals surface area (Å²) >= 11 is 0. The maximum Gasteiger partial charge on any atom is 0.311 e. The molecule has 0 radical (unpaired) electrons. The predicted octanol–water partition coefficient (Wildman–Crippen LogP) is 3.08. The lowest BCUT2D eigenvalue weighted by Crippen LogP contribution is -2.19. The molecule has 0 spiro atoms. The number of carboxylic acids is 2. The topological polar surface area (TPSA) is 74.6 Å². The molecule has 4 nitrogen and oxygen atoms in total. The Bertz CT molecular complexity index is 271. The van der Waals surface area contributed by atoms with Gasteiger partial charge in [-0.05, 0) is 12.8 Å². The summed E-state index contributed by atoms with van der Waals surface area (Å²) in [6.45, 7) is 5.83. The van der Waals surface area contributed by atoms with Gasteiger partial charge in [0.05, 0.1) is 12.3 Å². The molecule has 0 bridgehead atoms. The third kappa shape index (κ3) is 7.55. The van der Waals surface area contributed by atoms with Crippen LogP contribution < -0.4 is 0 Å². The number of aliphatic carboxylic acids is 2. The maximum absolute atomic E-state index is 10.9. The highest BCUT2D eigenvalue weighted by molar-refractivity contribution is 5.80. The van der Waals surface area contributed by atoms with E-state index in [-0.39, 0.29) is 6.42 Å². The van der Waals surface area contributed by atoms with Crippen molar-refractivity contribution in [3.8, 4) is 0 Å². The maximum atomic E-state index is 10.9. The normalized spacial score (nSPS) is 12.1.